The highest BCUT2D eigenvalue weighted by atomic mass is 16.5. The van der Waals surface area contributed by atoms with Crippen LogP contribution < -0.4 is 20.9 Å². The zero-order valence-electron chi connectivity index (χ0n) is 20.1. The molecule has 0 saturated heterocycles. The Hall–Kier alpha value is -4.96. The van der Waals surface area contributed by atoms with E-state index in [0.29, 0.717) is 34.4 Å². The van der Waals surface area contributed by atoms with Crippen LogP contribution in [-0.2, 0) is 6.42 Å². The molecule has 0 spiro atoms. The highest BCUT2D eigenvalue weighted by molar-refractivity contribution is 5.95. The van der Waals surface area contributed by atoms with Crippen LogP contribution in [0.3, 0.4) is 0 Å². The summed E-state index contributed by atoms with van der Waals surface area (Å²) in [4.78, 5) is 0. The van der Waals surface area contributed by atoms with Gasteiger partial charge in [-0.2, -0.15) is 0 Å². The second-order valence-electron chi connectivity index (χ2n) is 9.37. The van der Waals surface area contributed by atoms with Crippen LogP contribution in [0.4, 0.5) is 11.4 Å². The number of hydrogen-bond donors (Lipinski definition) is 2. The van der Waals surface area contributed by atoms with Crippen molar-refractivity contribution in [1.82, 2.24) is 0 Å². The van der Waals surface area contributed by atoms with Gasteiger partial charge in [-0.1, -0.05) is 91.0 Å². The zero-order valence-corrected chi connectivity index (χ0v) is 20.1. The summed E-state index contributed by atoms with van der Waals surface area (Å²) < 4.78 is 13.4. The average molecular weight is 481 g/mol. The van der Waals surface area contributed by atoms with E-state index in [9.17, 15) is 0 Å². The molecule has 4 nitrogen and oxygen atoms in total. The van der Waals surface area contributed by atoms with E-state index in [0.717, 1.165) is 39.1 Å². The van der Waals surface area contributed by atoms with E-state index >= 15 is 0 Å². The second kappa shape index (κ2) is 8.32. The van der Waals surface area contributed by atoms with Crippen LogP contribution in [0.2, 0.25) is 0 Å². The first-order valence-electron chi connectivity index (χ1n) is 12.3. The summed E-state index contributed by atoms with van der Waals surface area (Å²) in [5.74, 6) is 2.49. The lowest BCUT2D eigenvalue weighted by Gasteiger charge is -2.19. The molecule has 37 heavy (non-hydrogen) atoms. The third kappa shape index (κ3) is 3.46. The van der Waals surface area contributed by atoms with Gasteiger partial charge in [0, 0.05) is 22.8 Å². The largest absolute Gasteiger partial charge is 0.451 e. The fourth-order valence-electron chi connectivity index (χ4n) is 5.31. The van der Waals surface area contributed by atoms with E-state index in [1.165, 1.54) is 11.1 Å². The lowest BCUT2D eigenvalue weighted by molar-refractivity contribution is 0.423. The summed E-state index contributed by atoms with van der Waals surface area (Å²) in [6.07, 6.45) is 0.744. The zero-order chi connectivity index (χ0) is 24.9. The third-order valence-electron chi connectivity index (χ3n) is 7.14. The Labute approximate surface area is 214 Å². The summed E-state index contributed by atoms with van der Waals surface area (Å²) in [6.45, 7) is 0. The van der Waals surface area contributed by atoms with Crippen molar-refractivity contribution in [3.63, 3.8) is 0 Å². The Balaban J connectivity index is 1.44. The molecular weight excluding hydrogens is 456 g/mol. The normalized spacial score (nSPS) is 11.9. The van der Waals surface area contributed by atoms with Crippen molar-refractivity contribution >= 4 is 32.9 Å². The minimum atomic E-state index is 0.568. The lowest BCUT2D eigenvalue weighted by Crippen LogP contribution is -2.00. The van der Waals surface area contributed by atoms with Gasteiger partial charge in [0.25, 0.3) is 0 Å². The van der Waals surface area contributed by atoms with E-state index in [-0.39, 0.29) is 0 Å². The van der Waals surface area contributed by atoms with Crippen molar-refractivity contribution in [2.24, 2.45) is 0 Å². The lowest BCUT2D eigenvalue weighted by atomic mass is 10.0. The van der Waals surface area contributed by atoms with Gasteiger partial charge in [0.05, 0.1) is 11.4 Å². The molecule has 6 aromatic rings. The Kier molecular flexibility index (Phi) is 4.79. The van der Waals surface area contributed by atoms with Crippen LogP contribution in [0, 0.1) is 0 Å². The summed E-state index contributed by atoms with van der Waals surface area (Å²) in [5.41, 5.74) is 18.7. The molecule has 1 aliphatic carbocycles. The number of anilines is 2. The molecule has 0 radical (unpaired) electrons. The molecule has 4 N–H and O–H groups in total. The maximum atomic E-state index is 6.76. The van der Waals surface area contributed by atoms with Crippen LogP contribution >= 0.6 is 0 Å². The Morgan fingerprint density at radius 2 is 1.08 bits per heavy atom. The van der Waals surface area contributed by atoms with Crippen molar-refractivity contribution in [2.45, 2.75) is 6.42 Å². The summed E-state index contributed by atoms with van der Waals surface area (Å²) in [6, 6.07) is 36.5. The van der Waals surface area contributed by atoms with Crippen molar-refractivity contribution in [3.8, 4) is 34.1 Å². The maximum Gasteiger partial charge on any atom is 0.174 e. The number of rotatable bonds is 4. The van der Waals surface area contributed by atoms with Crippen LogP contribution in [0.15, 0.2) is 109 Å². The standard InChI is InChI=1S/C33H24N2O2/c34-28-16-13-20-7-1-5-11-24(20)31(28)36-30-18-15-26-23-10-4-3-9-22(23)19-27(26)33(30)37-32-25-12-6-2-8-21(25)14-17-29(32)35/h1-18H,19,34-35H2. The predicted molar refractivity (Wildman–Crippen MR) is 152 cm³/mol. The van der Waals surface area contributed by atoms with Crippen molar-refractivity contribution in [1.29, 1.82) is 0 Å². The van der Waals surface area contributed by atoms with Gasteiger partial charge in [-0.05, 0) is 45.7 Å². The molecule has 0 saturated carbocycles. The minimum absolute atomic E-state index is 0.568. The molecule has 0 aromatic heterocycles. The molecule has 0 bridgehead atoms. The molecule has 0 unspecified atom stereocenters. The van der Waals surface area contributed by atoms with E-state index < -0.39 is 0 Å². The minimum Gasteiger partial charge on any atom is -0.451 e. The van der Waals surface area contributed by atoms with Gasteiger partial charge >= 0.3 is 0 Å². The fraction of sp³-hybridized carbons (Fsp3) is 0.0303. The van der Waals surface area contributed by atoms with Gasteiger partial charge in [0.2, 0.25) is 0 Å². The smallest absolute Gasteiger partial charge is 0.174 e. The molecule has 7 rings (SSSR count). The molecule has 0 atom stereocenters. The van der Waals surface area contributed by atoms with Gasteiger partial charge in [-0.3, -0.25) is 0 Å². The third-order valence-corrected chi connectivity index (χ3v) is 7.14. The van der Waals surface area contributed by atoms with Crippen LogP contribution in [0.25, 0.3) is 32.7 Å². The first-order valence-corrected chi connectivity index (χ1v) is 12.3. The Morgan fingerprint density at radius 3 is 1.78 bits per heavy atom. The van der Waals surface area contributed by atoms with Gasteiger partial charge in [0.15, 0.2) is 23.0 Å². The van der Waals surface area contributed by atoms with Crippen LogP contribution in [-0.4, -0.2) is 0 Å². The maximum absolute atomic E-state index is 6.76. The monoisotopic (exact) mass is 480 g/mol. The van der Waals surface area contributed by atoms with Gasteiger partial charge in [0.1, 0.15) is 0 Å². The molecule has 0 heterocycles. The van der Waals surface area contributed by atoms with E-state index in [2.05, 4.69) is 42.5 Å². The van der Waals surface area contributed by atoms with E-state index in [1.54, 1.807) is 0 Å². The summed E-state index contributed by atoms with van der Waals surface area (Å²) >= 11 is 0. The first-order chi connectivity index (χ1) is 18.2. The molecule has 0 amide bonds. The molecule has 6 aromatic carbocycles. The Bertz CT molecular complexity index is 1840. The van der Waals surface area contributed by atoms with Gasteiger partial charge in [-0.15, -0.1) is 0 Å². The van der Waals surface area contributed by atoms with Crippen LogP contribution in [0.5, 0.6) is 23.0 Å². The van der Waals surface area contributed by atoms with Crippen LogP contribution in [0.1, 0.15) is 11.1 Å². The van der Waals surface area contributed by atoms with Crippen molar-refractivity contribution in [2.75, 3.05) is 11.5 Å². The van der Waals surface area contributed by atoms with Crippen molar-refractivity contribution < 1.29 is 9.47 Å². The van der Waals surface area contributed by atoms with E-state index in [1.807, 2.05) is 66.7 Å². The van der Waals surface area contributed by atoms with E-state index in [4.69, 9.17) is 20.9 Å². The molecule has 1 aliphatic rings. The number of nitrogens with two attached hydrogens (primary N) is 2. The highest BCUT2D eigenvalue weighted by Crippen LogP contribution is 2.50. The molecule has 0 fully saturated rings. The molecule has 0 aliphatic heterocycles. The van der Waals surface area contributed by atoms with Gasteiger partial charge < -0.3 is 20.9 Å². The fourth-order valence-corrected chi connectivity index (χ4v) is 5.31. The number of hydrogen-bond acceptors (Lipinski definition) is 4. The molecule has 178 valence electrons. The topological polar surface area (TPSA) is 70.5 Å². The molecular formula is C33H24N2O2. The number of fused-ring (bicyclic) bond motifs is 5. The summed E-state index contributed by atoms with van der Waals surface area (Å²) in [5, 5.41) is 4.01. The highest BCUT2D eigenvalue weighted by Gasteiger charge is 2.27. The predicted octanol–water partition coefficient (Wildman–Crippen LogP) is 8.31. The quantitative estimate of drug-likeness (QED) is 0.249. The van der Waals surface area contributed by atoms with Gasteiger partial charge in [-0.25, -0.2) is 0 Å². The molecule has 4 heteroatoms. The second-order valence-corrected chi connectivity index (χ2v) is 9.37. The Morgan fingerprint density at radius 1 is 0.486 bits per heavy atom. The summed E-state index contributed by atoms with van der Waals surface area (Å²) in [7, 11) is 0. The average Bonchev–Trinajstić information content (AvgIpc) is 3.31. The number of benzene rings is 6. The first kappa shape index (κ1) is 21.3. The number of ether oxygens (including phenoxy) is 2. The SMILES string of the molecule is Nc1ccc2ccccc2c1Oc1ccc2c(c1Oc1c(N)ccc3ccccc13)Cc1ccccc1-2. The van der Waals surface area contributed by atoms with Crippen molar-refractivity contribution in [3.05, 3.63) is 120 Å². The number of nitrogen functional groups attached to an aromatic ring is 2.